The summed E-state index contributed by atoms with van der Waals surface area (Å²) < 4.78 is 15.7. The first-order valence-electron chi connectivity index (χ1n) is 5.66. The largest absolute Gasteiger partial charge is 0.466 e. The van der Waals surface area contributed by atoms with Crippen molar-refractivity contribution in [3.8, 4) is 0 Å². The van der Waals surface area contributed by atoms with Gasteiger partial charge in [-0.3, -0.25) is 4.79 Å². The van der Waals surface area contributed by atoms with Gasteiger partial charge in [-0.2, -0.15) is 0 Å². The van der Waals surface area contributed by atoms with Crippen LogP contribution in [0.15, 0.2) is 0 Å². The Morgan fingerprint density at radius 1 is 1.40 bits per heavy atom. The second-order valence-electron chi connectivity index (χ2n) is 3.71. The molecule has 0 aromatic heterocycles. The van der Waals surface area contributed by atoms with E-state index in [9.17, 15) is 4.79 Å². The topological polar surface area (TPSA) is 44.8 Å². The fraction of sp³-hybridized carbons (Fsp3) is 0.909. The first kappa shape index (κ1) is 12.5. The molecular weight excluding hydrogens is 196 g/mol. The van der Waals surface area contributed by atoms with Gasteiger partial charge in [0.25, 0.3) is 0 Å². The van der Waals surface area contributed by atoms with Gasteiger partial charge in [-0.05, 0) is 20.3 Å². The Balaban J connectivity index is 2.41. The zero-order valence-corrected chi connectivity index (χ0v) is 9.69. The van der Waals surface area contributed by atoms with E-state index in [-0.39, 0.29) is 18.2 Å². The Morgan fingerprint density at radius 3 is 2.53 bits per heavy atom. The van der Waals surface area contributed by atoms with Crippen LogP contribution < -0.4 is 0 Å². The van der Waals surface area contributed by atoms with Crippen LogP contribution in [0.5, 0.6) is 0 Å². The maximum atomic E-state index is 11.6. The Hall–Kier alpha value is -0.610. The fourth-order valence-electron chi connectivity index (χ4n) is 1.62. The summed E-state index contributed by atoms with van der Waals surface area (Å²) in [5.41, 5.74) is 0. The second kappa shape index (κ2) is 6.08. The third-order valence-electron chi connectivity index (χ3n) is 2.44. The predicted octanol–water partition coefficient (Wildman–Crippen LogP) is 2.07. The van der Waals surface area contributed by atoms with E-state index in [1.54, 1.807) is 6.92 Å². The van der Waals surface area contributed by atoms with Crippen molar-refractivity contribution >= 4 is 5.97 Å². The lowest BCUT2D eigenvalue weighted by atomic mass is 10.0. The first-order valence-corrected chi connectivity index (χ1v) is 5.66. The van der Waals surface area contributed by atoms with E-state index < -0.39 is 6.29 Å². The van der Waals surface area contributed by atoms with Crippen molar-refractivity contribution in [3.63, 3.8) is 0 Å². The minimum Gasteiger partial charge on any atom is -0.466 e. The van der Waals surface area contributed by atoms with Crippen LogP contribution in [-0.2, 0) is 19.0 Å². The predicted molar refractivity (Wildman–Crippen MR) is 55.1 cm³/mol. The molecule has 0 aromatic rings. The molecule has 0 radical (unpaired) electrons. The van der Waals surface area contributed by atoms with E-state index in [2.05, 4.69) is 6.92 Å². The normalized spacial score (nSPS) is 26.9. The standard InChI is InChI=1S/C11H20O4/c1-4-6-7-9(10(12)13-5-2)11-14-8(3)15-11/h8-9,11H,4-7H2,1-3H3. The molecule has 0 spiro atoms. The molecule has 1 heterocycles. The van der Waals surface area contributed by atoms with Crippen molar-refractivity contribution in [2.75, 3.05) is 6.61 Å². The van der Waals surface area contributed by atoms with Crippen molar-refractivity contribution in [2.45, 2.75) is 52.6 Å². The highest BCUT2D eigenvalue weighted by Crippen LogP contribution is 2.27. The molecule has 4 nitrogen and oxygen atoms in total. The third-order valence-corrected chi connectivity index (χ3v) is 2.44. The lowest BCUT2D eigenvalue weighted by Gasteiger charge is -2.37. The Bertz CT molecular complexity index is 199. The zero-order chi connectivity index (χ0) is 11.3. The number of ether oxygens (including phenoxy) is 3. The van der Waals surface area contributed by atoms with Crippen molar-refractivity contribution in [1.29, 1.82) is 0 Å². The number of carbonyl (C=O) groups excluding carboxylic acids is 1. The van der Waals surface area contributed by atoms with Crippen LogP contribution in [0.25, 0.3) is 0 Å². The minimum absolute atomic E-state index is 0.187. The van der Waals surface area contributed by atoms with Crippen LogP contribution in [-0.4, -0.2) is 25.2 Å². The van der Waals surface area contributed by atoms with Crippen LogP contribution in [0.2, 0.25) is 0 Å². The van der Waals surface area contributed by atoms with Gasteiger partial charge in [0.2, 0.25) is 0 Å². The minimum atomic E-state index is -0.398. The van der Waals surface area contributed by atoms with Crippen LogP contribution in [0, 0.1) is 5.92 Å². The van der Waals surface area contributed by atoms with E-state index in [4.69, 9.17) is 14.2 Å². The van der Waals surface area contributed by atoms with Crippen molar-refractivity contribution in [2.24, 2.45) is 5.92 Å². The smallest absolute Gasteiger partial charge is 0.314 e. The molecule has 4 heteroatoms. The molecule has 1 atom stereocenters. The molecule has 15 heavy (non-hydrogen) atoms. The highest BCUT2D eigenvalue weighted by atomic mass is 16.9. The van der Waals surface area contributed by atoms with Crippen LogP contribution in [0.1, 0.15) is 40.0 Å². The molecule has 0 aromatic carbocycles. The molecule has 1 aliphatic heterocycles. The van der Waals surface area contributed by atoms with E-state index in [0.717, 1.165) is 19.3 Å². The summed E-state index contributed by atoms with van der Waals surface area (Å²) in [5, 5.41) is 0. The molecule has 1 rings (SSSR count). The molecule has 88 valence electrons. The summed E-state index contributed by atoms with van der Waals surface area (Å²) in [4.78, 5) is 11.6. The first-order chi connectivity index (χ1) is 7.19. The van der Waals surface area contributed by atoms with Gasteiger partial charge in [0, 0.05) is 0 Å². The fourth-order valence-corrected chi connectivity index (χ4v) is 1.62. The van der Waals surface area contributed by atoms with Gasteiger partial charge >= 0.3 is 5.97 Å². The maximum Gasteiger partial charge on any atom is 0.314 e. The third kappa shape index (κ3) is 3.47. The van der Waals surface area contributed by atoms with E-state index in [1.807, 2.05) is 6.92 Å². The summed E-state index contributed by atoms with van der Waals surface area (Å²) in [5.74, 6) is -0.469. The molecule has 1 fully saturated rings. The monoisotopic (exact) mass is 216 g/mol. The number of hydrogen-bond acceptors (Lipinski definition) is 4. The number of unbranched alkanes of at least 4 members (excludes halogenated alkanes) is 1. The Morgan fingerprint density at radius 2 is 2.07 bits per heavy atom. The van der Waals surface area contributed by atoms with Gasteiger partial charge in [-0.1, -0.05) is 19.8 Å². The average molecular weight is 216 g/mol. The lowest BCUT2D eigenvalue weighted by Crippen LogP contribution is -2.47. The highest BCUT2D eigenvalue weighted by Gasteiger charge is 2.39. The van der Waals surface area contributed by atoms with Crippen molar-refractivity contribution < 1.29 is 19.0 Å². The average Bonchev–Trinajstić information content (AvgIpc) is 2.16. The highest BCUT2D eigenvalue weighted by molar-refractivity contribution is 5.72. The summed E-state index contributed by atoms with van der Waals surface area (Å²) in [6.45, 7) is 6.12. The van der Waals surface area contributed by atoms with Crippen LogP contribution in [0.3, 0.4) is 0 Å². The van der Waals surface area contributed by atoms with E-state index in [1.165, 1.54) is 0 Å². The quantitative estimate of drug-likeness (QED) is 0.638. The van der Waals surface area contributed by atoms with Crippen molar-refractivity contribution in [1.82, 2.24) is 0 Å². The number of esters is 1. The number of carbonyl (C=O) groups is 1. The molecule has 1 unspecified atom stereocenters. The van der Waals surface area contributed by atoms with E-state index in [0.29, 0.717) is 6.61 Å². The van der Waals surface area contributed by atoms with Gasteiger partial charge in [0.1, 0.15) is 5.92 Å². The van der Waals surface area contributed by atoms with Crippen LogP contribution >= 0.6 is 0 Å². The molecule has 0 amide bonds. The Kier molecular flexibility index (Phi) is 5.05. The van der Waals surface area contributed by atoms with Gasteiger partial charge in [-0.15, -0.1) is 0 Å². The molecular formula is C11H20O4. The van der Waals surface area contributed by atoms with Gasteiger partial charge in [-0.25, -0.2) is 0 Å². The SMILES string of the molecule is CCCCC(C(=O)OCC)C1OC(C)O1. The molecule has 0 aliphatic carbocycles. The summed E-state index contributed by atoms with van der Waals surface area (Å²) >= 11 is 0. The summed E-state index contributed by atoms with van der Waals surface area (Å²) in [6.07, 6.45) is 2.23. The van der Waals surface area contributed by atoms with Crippen LogP contribution in [0.4, 0.5) is 0 Å². The lowest BCUT2D eigenvalue weighted by molar-refractivity contribution is -0.389. The molecule has 1 saturated heterocycles. The molecule has 0 saturated carbocycles. The molecule has 0 N–H and O–H groups in total. The van der Waals surface area contributed by atoms with Gasteiger partial charge in [0.15, 0.2) is 12.6 Å². The van der Waals surface area contributed by atoms with Crippen molar-refractivity contribution in [3.05, 3.63) is 0 Å². The molecule has 0 bridgehead atoms. The Labute approximate surface area is 90.9 Å². The maximum absolute atomic E-state index is 11.6. The molecule has 1 aliphatic rings. The number of rotatable bonds is 6. The summed E-state index contributed by atoms with van der Waals surface area (Å²) in [7, 11) is 0. The second-order valence-corrected chi connectivity index (χ2v) is 3.71. The number of hydrogen-bond donors (Lipinski definition) is 0. The van der Waals surface area contributed by atoms with Gasteiger partial charge < -0.3 is 14.2 Å². The summed E-state index contributed by atoms with van der Waals surface area (Å²) in [6, 6.07) is 0. The zero-order valence-electron chi connectivity index (χ0n) is 9.69. The van der Waals surface area contributed by atoms with E-state index >= 15 is 0 Å². The van der Waals surface area contributed by atoms with Gasteiger partial charge in [0.05, 0.1) is 6.61 Å².